The number of thioether (sulfide) groups is 2. The largest absolute Gasteiger partial charge is 0.541 e. The molecular weight excluding hydrogens is 985 g/mol. The Balaban J connectivity index is 1.15. The second kappa shape index (κ2) is 30.4. The van der Waals surface area contributed by atoms with Crippen LogP contribution < -0.4 is 17.7 Å². The molecule has 2 heterocycles. The quantitative estimate of drug-likeness (QED) is 0.0368. The van der Waals surface area contributed by atoms with Gasteiger partial charge in [-0.25, -0.2) is 0 Å². The Morgan fingerprint density at radius 2 is 0.757 bits per heavy atom. The number of hydrogen-bond donors (Lipinski definition) is 0. The van der Waals surface area contributed by atoms with E-state index in [4.69, 9.17) is 36.7 Å². The van der Waals surface area contributed by atoms with Crippen molar-refractivity contribution in [3.8, 4) is 23.0 Å². The summed E-state index contributed by atoms with van der Waals surface area (Å²) >= 11 is 3.55. The summed E-state index contributed by atoms with van der Waals surface area (Å²) in [4.78, 5) is 25.8. The van der Waals surface area contributed by atoms with E-state index >= 15 is 0 Å². The molecule has 16 heteroatoms. The van der Waals surface area contributed by atoms with Gasteiger partial charge in [-0.05, 0) is 145 Å². The maximum Gasteiger partial charge on any atom is 0.307 e. The molecule has 4 atom stereocenters. The van der Waals surface area contributed by atoms with E-state index < -0.39 is 57.7 Å². The zero-order valence-corrected chi connectivity index (χ0v) is 51.3. The van der Waals surface area contributed by atoms with Crippen LogP contribution >= 0.6 is 23.5 Å². The van der Waals surface area contributed by atoms with Crippen LogP contribution in [-0.2, 0) is 41.4 Å². The predicted octanol–water partition coefficient (Wildman–Crippen LogP) is 14.7. The van der Waals surface area contributed by atoms with Crippen LogP contribution in [0.15, 0.2) is 36.4 Å². The number of esters is 2. The molecule has 398 valence electrons. The van der Waals surface area contributed by atoms with E-state index in [2.05, 4.69) is 119 Å². The summed E-state index contributed by atoms with van der Waals surface area (Å²) in [6, 6.07) is 26.3. The van der Waals surface area contributed by atoms with Crippen LogP contribution in [0.2, 0.25) is 72.5 Å². The molecule has 0 aromatic heterocycles. The average Bonchev–Trinajstić information content (AvgIpc) is 3.98. The normalized spacial score (nSPS) is 18.4. The first kappa shape index (κ1) is 60.6. The van der Waals surface area contributed by atoms with Gasteiger partial charge >= 0.3 is 11.9 Å². The zero-order valence-electron chi connectivity index (χ0n) is 45.6. The number of aryl methyl sites for hydroxylation is 2. The molecule has 0 amide bonds. The minimum Gasteiger partial charge on any atom is -0.541 e. The van der Waals surface area contributed by atoms with Crippen LogP contribution in [0.5, 0.6) is 23.0 Å². The molecule has 2 fully saturated rings. The predicted molar refractivity (Wildman–Crippen MR) is 304 cm³/mol. The Morgan fingerprint density at radius 3 is 1.06 bits per heavy atom. The summed E-state index contributed by atoms with van der Waals surface area (Å²) in [6.45, 7) is 27.7. The molecule has 0 radical (unpaired) electrons. The van der Waals surface area contributed by atoms with Crippen molar-refractivity contribution < 1.29 is 46.2 Å². The van der Waals surface area contributed by atoms with Gasteiger partial charge in [0.05, 0.1) is 26.1 Å². The lowest BCUT2D eigenvalue weighted by Crippen LogP contribution is -2.41. The van der Waals surface area contributed by atoms with Crippen molar-refractivity contribution in [1.29, 1.82) is 0 Å². The lowest BCUT2D eigenvalue weighted by atomic mass is 10.1. The van der Waals surface area contributed by atoms with Crippen molar-refractivity contribution in [1.82, 2.24) is 0 Å². The van der Waals surface area contributed by atoms with Gasteiger partial charge in [-0.1, -0.05) is 95.2 Å². The molecule has 2 aromatic rings. The van der Waals surface area contributed by atoms with Gasteiger partial charge in [-0.3, -0.25) is 9.59 Å². The van der Waals surface area contributed by atoms with E-state index in [1.807, 2.05) is 0 Å². The molecule has 0 bridgehead atoms. The summed E-state index contributed by atoms with van der Waals surface area (Å²) in [5, 5.41) is 0. The minimum absolute atomic E-state index is 0.241. The number of carbonyl (C=O) groups is 2. The number of fused-ring (bicyclic) bond motifs is 1. The summed E-state index contributed by atoms with van der Waals surface area (Å²) in [5.41, 5.74) is 2.53. The fourth-order valence-electron chi connectivity index (χ4n) is 9.90. The van der Waals surface area contributed by atoms with Gasteiger partial charge in [0, 0.05) is 11.5 Å². The minimum atomic E-state index is -1.89. The third kappa shape index (κ3) is 17.1. The Morgan fingerprint density at radius 1 is 0.457 bits per heavy atom. The van der Waals surface area contributed by atoms with E-state index in [0.29, 0.717) is 24.3 Å². The van der Waals surface area contributed by atoms with Crippen molar-refractivity contribution in [2.75, 3.05) is 36.2 Å². The Labute approximate surface area is 437 Å². The molecule has 0 N–H and O–H groups in total. The van der Waals surface area contributed by atoms with E-state index in [1.54, 1.807) is 23.5 Å². The summed E-state index contributed by atoms with van der Waals surface area (Å²) in [6.07, 6.45) is 2.68. The SMILES string of the molecule is CC[Si](CC)(CC)Oc1ccc(CCCSCCC(=O)O[C@H]2COC3C2OC[C@H]3OC(=O)CCSCCCc2ccc(O[Si](CC)(CC)CC)c(O[Si](CC)(CC)CC)c2)cc1O[Si](CC)(CC)CC. The fraction of sp³-hybridized carbons (Fsp3) is 0.741. The first-order valence-corrected chi connectivity index (χ1v) is 40.0. The summed E-state index contributed by atoms with van der Waals surface area (Å²) in [7, 11) is -7.50. The lowest BCUT2D eigenvalue weighted by molar-refractivity contribution is -0.154. The van der Waals surface area contributed by atoms with Gasteiger partial charge in [0.1, 0.15) is 35.2 Å². The molecular formula is C54H94O10S2Si4. The Hall–Kier alpha value is -1.93. The van der Waals surface area contributed by atoms with Gasteiger partial charge in [-0.2, -0.15) is 23.5 Å². The standard InChI is InChI=1S/C54H94O10S2Si4/c1-13-67(14-2,15-3)61-45-31-29-43(39-47(45)63-69(19-7,20-8)21-9)27-25-35-65-37-33-51(55)59-49-41-57-54-50(42-58-53(49)54)60-52(56)34-38-66-36-26-28-44-30-32-46(62-68(16-4,17-5)18-6)48(40-44)64-70(22-10,23-11)24-12/h29-32,39-40,49-50,53-54H,13-28,33-38,41-42H2,1-12H3/t49-,50+,53?,54?. The molecule has 0 aliphatic carbocycles. The second-order valence-electron chi connectivity index (χ2n) is 19.5. The van der Waals surface area contributed by atoms with Gasteiger partial charge in [-0.15, -0.1) is 0 Å². The third-order valence-electron chi connectivity index (χ3n) is 16.0. The Bertz CT molecular complexity index is 1690. The molecule has 2 unspecified atom stereocenters. The average molecular weight is 1080 g/mol. The molecule has 0 spiro atoms. The summed E-state index contributed by atoms with van der Waals surface area (Å²) < 4.78 is 51.4. The number of ether oxygens (including phenoxy) is 4. The highest BCUT2D eigenvalue weighted by Crippen LogP contribution is 2.40. The van der Waals surface area contributed by atoms with Crippen LogP contribution in [0.1, 0.15) is 120 Å². The molecule has 0 saturated carbocycles. The first-order valence-electron chi connectivity index (χ1n) is 27.6. The van der Waals surface area contributed by atoms with Crippen LogP contribution in [0, 0.1) is 0 Å². The molecule has 2 saturated heterocycles. The highest BCUT2D eigenvalue weighted by atomic mass is 32.2. The Kier molecular flexibility index (Phi) is 26.4. The number of carbonyl (C=O) groups excluding carboxylic acids is 2. The topological polar surface area (TPSA) is 108 Å². The van der Waals surface area contributed by atoms with Crippen molar-refractivity contribution in [3.63, 3.8) is 0 Å². The fourth-order valence-corrected chi connectivity index (χ4v) is 21.9. The first-order chi connectivity index (χ1) is 33.8. The van der Waals surface area contributed by atoms with Crippen LogP contribution in [0.3, 0.4) is 0 Å². The molecule has 2 aliphatic rings. The lowest BCUT2D eigenvalue weighted by Gasteiger charge is -2.34. The van der Waals surface area contributed by atoms with Gasteiger partial charge in [0.25, 0.3) is 33.3 Å². The molecule has 2 aromatic carbocycles. The van der Waals surface area contributed by atoms with Gasteiger partial charge in [0.2, 0.25) is 0 Å². The van der Waals surface area contributed by atoms with Crippen LogP contribution in [0.25, 0.3) is 0 Å². The maximum absolute atomic E-state index is 12.9. The van der Waals surface area contributed by atoms with E-state index in [0.717, 1.165) is 133 Å². The number of benzene rings is 2. The smallest absolute Gasteiger partial charge is 0.307 e. The summed E-state index contributed by atoms with van der Waals surface area (Å²) in [5.74, 6) is 6.52. The van der Waals surface area contributed by atoms with Gasteiger partial charge < -0.3 is 36.7 Å². The van der Waals surface area contributed by atoms with Crippen LogP contribution in [-0.4, -0.2) is 106 Å². The van der Waals surface area contributed by atoms with Crippen LogP contribution in [0.4, 0.5) is 0 Å². The van der Waals surface area contributed by atoms with Crippen molar-refractivity contribution >= 4 is 68.7 Å². The van der Waals surface area contributed by atoms with E-state index in [1.165, 1.54) is 11.1 Å². The van der Waals surface area contributed by atoms with E-state index in [-0.39, 0.29) is 25.2 Å². The monoisotopic (exact) mass is 1080 g/mol. The number of rotatable bonds is 36. The maximum atomic E-state index is 12.9. The molecule has 4 rings (SSSR count). The van der Waals surface area contributed by atoms with Crippen molar-refractivity contribution in [2.45, 2.75) is 219 Å². The highest BCUT2D eigenvalue weighted by molar-refractivity contribution is 7.99. The number of hydrogen-bond acceptors (Lipinski definition) is 12. The van der Waals surface area contributed by atoms with Crippen molar-refractivity contribution in [2.24, 2.45) is 0 Å². The molecule has 2 aliphatic heterocycles. The van der Waals surface area contributed by atoms with E-state index in [9.17, 15) is 9.59 Å². The second-order valence-corrected chi connectivity index (χ2v) is 40.7. The third-order valence-corrected chi connectivity index (χ3v) is 36.2. The zero-order chi connectivity index (χ0) is 51.2. The molecule has 10 nitrogen and oxygen atoms in total. The van der Waals surface area contributed by atoms with Gasteiger partial charge in [0.15, 0.2) is 12.2 Å². The highest BCUT2D eigenvalue weighted by Gasteiger charge is 2.51. The molecule has 70 heavy (non-hydrogen) atoms. The van der Waals surface area contributed by atoms with Crippen molar-refractivity contribution in [3.05, 3.63) is 47.5 Å².